The predicted octanol–water partition coefficient (Wildman–Crippen LogP) is 4.04. The van der Waals surface area contributed by atoms with Crippen molar-refractivity contribution in [3.05, 3.63) is 65.2 Å². The number of nitrogens with zero attached hydrogens (tertiary/aromatic N) is 4. The summed E-state index contributed by atoms with van der Waals surface area (Å²) in [6, 6.07) is 20.0. The second kappa shape index (κ2) is 7.65. The van der Waals surface area contributed by atoms with Gasteiger partial charge in [-0.1, -0.05) is 41.9 Å². The summed E-state index contributed by atoms with van der Waals surface area (Å²) in [6.07, 6.45) is 0. The summed E-state index contributed by atoms with van der Waals surface area (Å²) in [6.45, 7) is -0.307. The fourth-order valence-electron chi connectivity index (χ4n) is 2.66. The first-order valence-electron chi connectivity index (χ1n) is 7.83. The summed E-state index contributed by atoms with van der Waals surface area (Å²) in [5.74, 6) is -0.373. The second-order valence-corrected chi connectivity index (χ2v) is 5.99. The van der Waals surface area contributed by atoms with Crippen LogP contribution >= 0.6 is 11.6 Å². The molecule has 0 unspecified atom stereocenters. The van der Waals surface area contributed by atoms with Crippen LogP contribution in [0.4, 0.5) is 0 Å². The van der Waals surface area contributed by atoms with Crippen LogP contribution in [0.3, 0.4) is 0 Å². The monoisotopic (exact) mass is 360 g/mol. The molecule has 26 heavy (non-hydrogen) atoms. The van der Waals surface area contributed by atoms with Crippen molar-refractivity contribution in [1.82, 2.24) is 9.88 Å². The molecule has 1 aromatic heterocycles. The normalized spacial score (nSPS) is 10.1. The van der Waals surface area contributed by atoms with E-state index in [0.29, 0.717) is 27.2 Å². The highest BCUT2D eigenvalue weighted by molar-refractivity contribution is 6.30. The first-order chi connectivity index (χ1) is 12.6. The Morgan fingerprint density at radius 2 is 1.69 bits per heavy atom. The van der Waals surface area contributed by atoms with E-state index in [1.165, 1.54) is 4.90 Å². The van der Waals surface area contributed by atoms with Crippen LogP contribution in [-0.4, -0.2) is 28.9 Å². The highest BCUT2D eigenvalue weighted by Crippen LogP contribution is 2.26. The van der Waals surface area contributed by atoms with E-state index in [2.05, 4.69) is 4.98 Å². The molecule has 3 aromatic rings. The summed E-state index contributed by atoms with van der Waals surface area (Å²) in [5, 5.41) is 19.2. The van der Waals surface area contributed by atoms with Crippen molar-refractivity contribution in [2.24, 2.45) is 0 Å². The maximum atomic E-state index is 13.0. The fourth-order valence-corrected chi connectivity index (χ4v) is 2.79. The predicted molar refractivity (Wildman–Crippen MR) is 99.3 cm³/mol. The lowest BCUT2D eigenvalue weighted by atomic mass is 10.0. The van der Waals surface area contributed by atoms with Gasteiger partial charge in [0.2, 0.25) is 0 Å². The summed E-state index contributed by atoms with van der Waals surface area (Å²) in [4.78, 5) is 18.8. The number of benzene rings is 2. The van der Waals surface area contributed by atoms with E-state index in [1.54, 1.807) is 24.3 Å². The van der Waals surface area contributed by atoms with E-state index in [9.17, 15) is 4.79 Å². The minimum Gasteiger partial charge on any atom is -0.312 e. The molecule has 0 atom stereocenters. The maximum absolute atomic E-state index is 13.0. The lowest BCUT2D eigenvalue weighted by Crippen LogP contribution is -2.32. The molecule has 0 fully saturated rings. The topological polar surface area (TPSA) is 80.8 Å². The molecular weight excluding hydrogens is 348 g/mol. The highest BCUT2D eigenvalue weighted by Gasteiger charge is 2.19. The molecule has 0 saturated heterocycles. The van der Waals surface area contributed by atoms with Crippen LogP contribution in [0.25, 0.3) is 22.2 Å². The lowest BCUT2D eigenvalue weighted by molar-refractivity contribution is 0.0796. The van der Waals surface area contributed by atoms with E-state index in [-0.39, 0.29) is 19.0 Å². The first kappa shape index (κ1) is 17.4. The van der Waals surface area contributed by atoms with Crippen molar-refractivity contribution in [2.75, 3.05) is 13.1 Å². The van der Waals surface area contributed by atoms with E-state index in [4.69, 9.17) is 22.1 Å². The minimum atomic E-state index is -0.373. The van der Waals surface area contributed by atoms with Gasteiger partial charge in [0, 0.05) is 16.0 Å². The zero-order chi connectivity index (χ0) is 18.5. The van der Waals surface area contributed by atoms with Crippen LogP contribution in [0.15, 0.2) is 54.6 Å². The Balaban J connectivity index is 2.17. The zero-order valence-corrected chi connectivity index (χ0v) is 14.4. The number of para-hydroxylation sites is 1. The van der Waals surface area contributed by atoms with Crippen molar-refractivity contribution < 1.29 is 4.79 Å². The Morgan fingerprint density at radius 3 is 2.35 bits per heavy atom. The van der Waals surface area contributed by atoms with E-state index < -0.39 is 0 Å². The number of carbonyl (C=O) groups is 1. The third-order valence-corrected chi connectivity index (χ3v) is 4.15. The lowest BCUT2D eigenvalue weighted by Gasteiger charge is -2.17. The molecule has 6 heteroatoms. The van der Waals surface area contributed by atoms with Crippen LogP contribution in [0.1, 0.15) is 10.4 Å². The van der Waals surface area contributed by atoms with Gasteiger partial charge < -0.3 is 4.90 Å². The summed E-state index contributed by atoms with van der Waals surface area (Å²) < 4.78 is 0. The number of aromatic nitrogens is 1. The van der Waals surface area contributed by atoms with Gasteiger partial charge in [0.15, 0.2) is 0 Å². The van der Waals surface area contributed by atoms with Gasteiger partial charge in [-0.05, 0) is 24.3 Å². The Kier molecular flexibility index (Phi) is 5.12. The standard InChI is InChI=1S/C20H13ClN4O/c21-15-7-5-14(6-8-15)19-13-17(16-3-1-2-4-18(16)24-19)20(26)25(11-9-22)12-10-23/h1-8,13H,11-12H2. The van der Waals surface area contributed by atoms with Crippen molar-refractivity contribution in [2.45, 2.75) is 0 Å². The van der Waals surface area contributed by atoms with E-state index in [0.717, 1.165) is 5.56 Å². The third-order valence-electron chi connectivity index (χ3n) is 3.90. The van der Waals surface area contributed by atoms with Gasteiger partial charge in [-0.2, -0.15) is 10.5 Å². The number of hydrogen-bond acceptors (Lipinski definition) is 4. The quantitative estimate of drug-likeness (QED) is 0.657. The smallest absolute Gasteiger partial charge is 0.256 e. The number of amides is 1. The molecule has 2 aromatic carbocycles. The van der Waals surface area contributed by atoms with Gasteiger partial charge >= 0.3 is 0 Å². The summed E-state index contributed by atoms with van der Waals surface area (Å²) >= 11 is 5.94. The molecule has 0 aliphatic carbocycles. The summed E-state index contributed by atoms with van der Waals surface area (Å²) in [5.41, 5.74) is 2.52. The Labute approximate surface area is 155 Å². The largest absolute Gasteiger partial charge is 0.312 e. The SMILES string of the molecule is N#CCN(CC#N)C(=O)c1cc(-c2ccc(Cl)cc2)nc2ccccc12. The van der Waals surface area contributed by atoms with E-state index in [1.807, 2.05) is 42.5 Å². The van der Waals surface area contributed by atoms with Gasteiger partial charge in [-0.3, -0.25) is 4.79 Å². The molecule has 126 valence electrons. The Bertz CT molecular complexity index is 1030. The van der Waals surface area contributed by atoms with E-state index >= 15 is 0 Å². The Hall–Kier alpha value is -3.41. The highest BCUT2D eigenvalue weighted by atomic mass is 35.5. The number of fused-ring (bicyclic) bond motifs is 1. The third kappa shape index (κ3) is 3.49. The number of rotatable bonds is 4. The molecule has 0 N–H and O–H groups in total. The number of nitriles is 2. The summed E-state index contributed by atoms with van der Waals surface area (Å²) in [7, 11) is 0. The van der Waals surface area contributed by atoms with Gasteiger partial charge in [0.25, 0.3) is 5.91 Å². The molecule has 0 spiro atoms. The molecule has 0 aliphatic rings. The van der Waals surface area contributed by atoms with Gasteiger partial charge in [0.1, 0.15) is 13.1 Å². The van der Waals surface area contributed by atoms with Crippen molar-refractivity contribution in [1.29, 1.82) is 10.5 Å². The van der Waals surface area contributed by atoms with Crippen molar-refractivity contribution in [3.63, 3.8) is 0 Å². The number of halogens is 1. The van der Waals surface area contributed by atoms with Crippen LogP contribution in [0, 0.1) is 22.7 Å². The molecule has 0 saturated carbocycles. The number of pyridine rings is 1. The van der Waals surface area contributed by atoms with Gasteiger partial charge in [-0.15, -0.1) is 0 Å². The molecule has 1 amide bonds. The fraction of sp³-hybridized carbons (Fsp3) is 0.100. The molecule has 0 bridgehead atoms. The molecule has 0 aliphatic heterocycles. The van der Waals surface area contributed by atoms with Crippen molar-refractivity contribution in [3.8, 4) is 23.4 Å². The molecule has 1 heterocycles. The molecule has 3 rings (SSSR count). The molecule has 5 nitrogen and oxygen atoms in total. The molecule has 0 radical (unpaired) electrons. The second-order valence-electron chi connectivity index (χ2n) is 5.56. The van der Waals surface area contributed by atoms with Crippen molar-refractivity contribution >= 4 is 28.4 Å². The zero-order valence-electron chi connectivity index (χ0n) is 13.7. The molecular formula is C20H13ClN4O. The van der Waals surface area contributed by atoms with Gasteiger partial charge in [-0.25, -0.2) is 4.98 Å². The minimum absolute atomic E-state index is 0.153. The number of carbonyl (C=O) groups excluding carboxylic acids is 1. The van der Waals surface area contributed by atoms with Gasteiger partial charge in [0.05, 0.1) is 28.9 Å². The average molecular weight is 361 g/mol. The van der Waals surface area contributed by atoms with Crippen LogP contribution < -0.4 is 0 Å². The number of hydrogen-bond donors (Lipinski definition) is 0. The van der Waals surface area contributed by atoms with Crippen LogP contribution in [-0.2, 0) is 0 Å². The maximum Gasteiger partial charge on any atom is 0.256 e. The van der Waals surface area contributed by atoms with Crippen LogP contribution in [0.2, 0.25) is 5.02 Å². The van der Waals surface area contributed by atoms with Crippen LogP contribution in [0.5, 0.6) is 0 Å². The first-order valence-corrected chi connectivity index (χ1v) is 8.20. The average Bonchev–Trinajstić information content (AvgIpc) is 2.67. The Morgan fingerprint density at radius 1 is 1.04 bits per heavy atom.